The van der Waals surface area contributed by atoms with Crippen molar-refractivity contribution in [2.24, 2.45) is 5.92 Å². The van der Waals surface area contributed by atoms with E-state index in [-0.39, 0.29) is 0 Å². The summed E-state index contributed by atoms with van der Waals surface area (Å²) in [6, 6.07) is 4.19. The quantitative estimate of drug-likeness (QED) is 0.715. The van der Waals surface area contributed by atoms with E-state index in [0.717, 1.165) is 24.8 Å². The standard InChI is InChI=1S/C14H24N2S/c1-3-16(10-6-13(2)7-11-17)12-14-4-8-15-9-5-14/h4-5,8-9,13,17H,3,6-7,10-12H2,1-2H3. The Hall–Kier alpha value is -0.540. The van der Waals surface area contributed by atoms with Gasteiger partial charge in [-0.05, 0) is 55.3 Å². The van der Waals surface area contributed by atoms with E-state index in [1.807, 2.05) is 12.4 Å². The Labute approximate surface area is 111 Å². The molecule has 0 aromatic carbocycles. The van der Waals surface area contributed by atoms with Gasteiger partial charge in [-0.2, -0.15) is 12.6 Å². The molecule has 96 valence electrons. The van der Waals surface area contributed by atoms with E-state index in [1.54, 1.807) is 0 Å². The highest BCUT2D eigenvalue weighted by Gasteiger charge is 2.06. The third-order valence-corrected chi connectivity index (χ3v) is 3.42. The Morgan fingerprint density at radius 3 is 2.59 bits per heavy atom. The van der Waals surface area contributed by atoms with Crippen molar-refractivity contribution in [3.05, 3.63) is 30.1 Å². The first-order valence-electron chi connectivity index (χ1n) is 6.48. The Balaban J connectivity index is 2.34. The number of nitrogens with zero attached hydrogens (tertiary/aromatic N) is 2. The first-order valence-corrected chi connectivity index (χ1v) is 7.11. The summed E-state index contributed by atoms with van der Waals surface area (Å²) in [6.07, 6.45) is 6.22. The molecule has 1 aromatic rings. The minimum atomic E-state index is 0.777. The number of hydrogen-bond donors (Lipinski definition) is 1. The van der Waals surface area contributed by atoms with Crippen LogP contribution in [0.3, 0.4) is 0 Å². The maximum atomic E-state index is 4.29. The van der Waals surface area contributed by atoms with Gasteiger partial charge in [-0.25, -0.2) is 0 Å². The predicted molar refractivity (Wildman–Crippen MR) is 77.4 cm³/mol. The molecule has 17 heavy (non-hydrogen) atoms. The second-order valence-electron chi connectivity index (χ2n) is 4.63. The number of rotatable bonds is 8. The second kappa shape index (κ2) is 8.54. The molecule has 0 saturated carbocycles. The third-order valence-electron chi connectivity index (χ3n) is 3.16. The number of aromatic nitrogens is 1. The predicted octanol–water partition coefficient (Wildman–Crippen LogP) is 3.25. The van der Waals surface area contributed by atoms with Gasteiger partial charge in [0.15, 0.2) is 0 Å². The Morgan fingerprint density at radius 2 is 2.00 bits per heavy atom. The summed E-state index contributed by atoms with van der Waals surface area (Å²) in [5.41, 5.74) is 1.35. The van der Waals surface area contributed by atoms with Crippen LogP contribution >= 0.6 is 12.6 Å². The van der Waals surface area contributed by atoms with Gasteiger partial charge < -0.3 is 0 Å². The summed E-state index contributed by atoms with van der Waals surface area (Å²) in [5.74, 6) is 1.77. The molecule has 3 heteroatoms. The van der Waals surface area contributed by atoms with Crippen molar-refractivity contribution in [2.45, 2.75) is 33.2 Å². The Kier molecular flexibility index (Phi) is 7.29. The van der Waals surface area contributed by atoms with E-state index < -0.39 is 0 Å². The average molecular weight is 252 g/mol. The average Bonchev–Trinajstić information content (AvgIpc) is 2.36. The molecular formula is C14H24N2S. The SMILES string of the molecule is CCN(CCC(C)CCS)Cc1ccncc1. The van der Waals surface area contributed by atoms with Crippen LogP contribution in [0.4, 0.5) is 0 Å². The lowest BCUT2D eigenvalue weighted by atomic mass is 10.0. The molecule has 2 nitrogen and oxygen atoms in total. The molecule has 0 aliphatic carbocycles. The Bertz CT molecular complexity index is 290. The summed E-state index contributed by atoms with van der Waals surface area (Å²) in [6.45, 7) is 7.86. The van der Waals surface area contributed by atoms with Crippen molar-refractivity contribution in [3.63, 3.8) is 0 Å². The van der Waals surface area contributed by atoms with Crippen LogP contribution in [0.2, 0.25) is 0 Å². The van der Waals surface area contributed by atoms with Crippen LogP contribution in [0.5, 0.6) is 0 Å². The monoisotopic (exact) mass is 252 g/mol. The number of thiol groups is 1. The first-order chi connectivity index (χ1) is 8.26. The van der Waals surface area contributed by atoms with Crippen LogP contribution < -0.4 is 0 Å². The molecule has 1 heterocycles. The summed E-state index contributed by atoms with van der Waals surface area (Å²) in [5, 5.41) is 0. The number of hydrogen-bond acceptors (Lipinski definition) is 3. The van der Waals surface area contributed by atoms with Crippen LogP contribution in [0.1, 0.15) is 32.3 Å². The van der Waals surface area contributed by atoms with Gasteiger partial charge in [-0.3, -0.25) is 9.88 Å². The van der Waals surface area contributed by atoms with Crippen LogP contribution in [-0.4, -0.2) is 28.7 Å². The van der Waals surface area contributed by atoms with Gasteiger partial charge in [0.05, 0.1) is 0 Å². The van der Waals surface area contributed by atoms with Gasteiger partial charge in [-0.1, -0.05) is 13.8 Å². The fourth-order valence-electron chi connectivity index (χ4n) is 1.86. The molecule has 0 N–H and O–H groups in total. The highest BCUT2D eigenvalue weighted by atomic mass is 32.1. The topological polar surface area (TPSA) is 16.1 Å². The smallest absolute Gasteiger partial charge is 0.0271 e. The molecule has 1 aromatic heterocycles. The van der Waals surface area contributed by atoms with E-state index in [9.17, 15) is 0 Å². The van der Waals surface area contributed by atoms with Gasteiger partial charge in [-0.15, -0.1) is 0 Å². The highest BCUT2D eigenvalue weighted by molar-refractivity contribution is 7.80. The van der Waals surface area contributed by atoms with E-state index in [4.69, 9.17) is 0 Å². The largest absolute Gasteiger partial charge is 0.299 e. The maximum absolute atomic E-state index is 4.29. The van der Waals surface area contributed by atoms with Crippen LogP contribution in [0, 0.1) is 5.92 Å². The number of pyridine rings is 1. The lowest BCUT2D eigenvalue weighted by molar-refractivity contribution is 0.257. The van der Waals surface area contributed by atoms with Gasteiger partial charge >= 0.3 is 0 Å². The minimum Gasteiger partial charge on any atom is -0.299 e. The lowest BCUT2D eigenvalue weighted by Gasteiger charge is -2.22. The van der Waals surface area contributed by atoms with Crippen LogP contribution in [0.15, 0.2) is 24.5 Å². The van der Waals surface area contributed by atoms with Crippen LogP contribution in [-0.2, 0) is 6.54 Å². The molecule has 1 atom stereocenters. The zero-order valence-electron chi connectivity index (χ0n) is 11.0. The van der Waals surface area contributed by atoms with Gasteiger partial charge in [0.1, 0.15) is 0 Å². The molecule has 1 unspecified atom stereocenters. The summed E-state index contributed by atoms with van der Waals surface area (Å²) >= 11 is 4.29. The molecular weight excluding hydrogens is 228 g/mol. The van der Waals surface area contributed by atoms with Gasteiger partial charge in [0.2, 0.25) is 0 Å². The second-order valence-corrected chi connectivity index (χ2v) is 5.08. The molecule has 0 amide bonds. The fourth-order valence-corrected chi connectivity index (χ4v) is 2.30. The molecule has 0 bridgehead atoms. The summed E-state index contributed by atoms with van der Waals surface area (Å²) in [4.78, 5) is 6.54. The van der Waals surface area contributed by atoms with E-state index in [1.165, 1.54) is 24.9 Å². The minimum absolute atomic E-state index is 0.777. The van der Waals surface area contributed by atoms with Crippen molar-refractivity contribution >= 4 is 12.6 Å². The molecule has 1 rings (SSSR count). The fraction of sp³-hybridized carbons (Fsp3) is 0.643. The lowest BCUT2D eigenvalue weighted by Crippen LogP contribution is -2.25. The molecule has 0 saturated heterocycles. The molecule has 0 aliphatic heterocycles. The Morgan fingerprint density at radius 1 is 1.29 bits per heavy atom. The van der Waals surface area contributed by atoms with Crippen molar-refractivity contribution in [1.29, 1.82) is 0 Å². The summed E-state index contributed by atoms with van der Waals surface area (Å²) < 4.78 is 0. The van der Waals surface area contributed by atoms with Crippen molar-refractivity contribution < 1.29 is 0 Å². The van der Waals surface area contributed by atoms with Crippen molar-refractivity contribution in [1.82, 2.24) is 9.88 Å². The van der Waals surface area contributed by atoms with Gasteiger partial charge in [0, 0.05) is 18.9 Å². The first kappa shape index (κ1) is 14.5. The van der Waals surface area contributed by atoms with E-state index >= 15 is 0 Å². The van der Waals surface area contributed by atoms with Crippen LogP contribution in [0.25, 0.3) is 0 Å². The normalized spacial score (nSPS) is 12.9. The van der Waals surface area contributed by atoms with E-state index in [0.29, 0.717) is 0 Å². The zero-order valence-corrected chi connectivity index (χ0v) is 11.9. The van der Waals surface area contributed by atoms with E-state index in [2.05, 4.69) is 48.5 Å². The molecule has 0 radical (unpaired) electrons. The summed E-state index contributed by atoms with van der Waals surface area (Å²) in [7, 11) is 0. The molecule has 0 aliphatic rings. The highest BCUT2D eigenvalue weighted by Crippen LogP contribution is 2.11. The zero-order chi connectivity index (χ0) is 12.5. The maximum Gasteiger partial charge on any atom is 0.0271 e. The third kappa shape index (κ3) is 6.08. The molecule has 0 fully saturated rings. The van der Waals surface area contributed by atoms with Crippen molar-refractivity contribution in [2.75, 3.05) is 18.8 Å². The van der Waals surface area contributed by atoms with Gasteiger partial charge in [0.25, 0.3) is 0 Å². The van der Waals surface area contributed by atoms with Crippen molar-refractivity contribution in [3.8, 4) is 0 Å². The molecule has 0 spiro atoms.